The Hall–Kier alpha value is -3.61. The standard InChI is InChI=1S/C21H21N3O4/c1-27-18-8-5-16(6-9-18)7-10-20(25)22-12-11-21(26)28-15-17-14-24-13-3-2-4-19(24)23-17/h2-10,13-14H,11-12,15H2,1H3,(H,22,25)/b10-7+. The minimum absolute atomic E-state index is 0.0927. The lowest BCUT2D eigenvalue weighted by atomic mass is 10.2. The van der Waals surface area contributed by atoms with Gasteiger partial charge in [0.05, 0.1) is 19.2 Å². The summed E-state index contributed by atoms with van der Waals surface area (Å²) in [6, 6.07) is 13.0. The second kappa shape index (κ2) is 9.36. The number of pyridine rings is 1. The molecule has 0 aliphatic carbocycles. The van der Waals surface area contributed by atoms with Crippen LogP contribution in [-0.4, -0.2) is 34.9 Å². The zero-order valence-corrected chi connectivity index (χ0v) is 15.5. The summed E-state index contributed by atoms with van der Waals surface area (Å²) in [5, 5.41) is 2.66. The van der Waals surface area contributed by atoms with Crippen LogP contribution in [0.4, 0.5) is 0 Å². The minimum atomic E-state index is -0.392. The van der Waals surface area contributed by atoms with Crippen molar-refractivity contribution < 1.29 is 19.1 Å². The monoisotopic (exact) mass is 379 g/mol. The molecule has 2 aromatic heterocycles. The first-order chi connectivity index (χ1) is 13.6. The van der Waals surface area contributed by atoms with Crippen molar-refractivity contribution >= 4 is 23.6 Å². The summed E-state index contributed by atoms with van der Waals surface area (Å²) in [7, 11) is 1.60. The number of carbonyl (C=O) groups is 2. The van der Waals surface area contributed by atoms with Crippen molar-refractivity contribution in [2.75, 3.05) is 13.7 Å². The zero-order chi connectivity index (χ0) is 19.8. The first-order valence-corrected chi connectivity index (χ1v) is 8.82. The van der Waals surface area contributed by atoms with E-state index in [1.807, 2.05) is 59.3 Å². The Bertz CT molecular complexity index is 944. The third-order valence-electron chi connectivity index (χ3n) is 3.97. The first kappa shape index (κ1) is 19.2. The van der Waals surface area contributed by atoms with Gasteiger partial charge in [-0.05, 0) is 35.9 Å². The number of hydrogen-bond donors (Lipinski definition) is 1. The maximum absolute atomic E-state index is 11.8. The number of fused-ring (bicyclic) bond motifs is 1. The Morgan fingerprint density at radius 2 is 2.00 bits per heavy atom. The first-order valence-electron chi connectivity index (χ1n) is 8.82. The molecule has 0 aliphatic heterocycles. The van der Waals surface area contributed by atoms with Crippen LogP contribution in [-0.2, 0) is 20.9 Å². The summed E-state index contributed by atoms with van der Waals surface area (Å²) in [6.45, 7) is 0.307. The molecule has 0 unspecified atom stereocenters. The van der Waals surface area contributed by atoms with E-state index in [-0.39, 0.29) is 25.5 Å². The summed E-state index contributed by atoms with van der Waals surface area (Å²) in [5.41, 5.74) is 2.35. The lowest BCUT2D eigenvalue weighted by Gasteiger charge is -2.03. The van der Waals surface area contributed by atoms with Crippen LogP contribution in [0.5, 0.6) is 5.75 Å². The summed E-state index contributed by atoms with van der Waals surface area (Å²) in [5.74, 6) is 0.0872. The van der Waals surface area contributed by atoms with Gasteiger partial charge in [-0.25, -0.2) is 4.98 Å². The van der Waals surface area contributed by atoms with Crippen LogP contribution in [0.15, 0.2) is 60.9 Å². The van der Waals surface area contributed by atoms with Crippen LogP contribution in [0.3, 0.4) is 0 Å². The molecule has 28 heavy (non-hydrogen) atoms. The molecule has 1 aromatic carbocycles. The van der Waals surface area contributed by atoms with Gasteiger partial charge in [0.2, 0.25) is 5.91 Å². The highest BCUT2D eigenvalue weighted by atomic mass is 16.5. The maximum atomic E-state index is 11.8. The van der Waals surface area contributed by atoms with Crippen LogP contribution >= 0.6 is 0 Å². The largest absolute Gasteiger partial charge is 0.497 e. The summed E-state index contributed by atoms with van der Waals surface area (Å²) >= 11 is 0. The fourth-order valence-electron chi connectivity index (χ4n) is 2.52. The summed E-state index contributed by atoms with van der Waals surface area (Å²) < 4.78 is 12.1. The van der Waals surface area contributed by atoms with Crippen molar-refractivity contribution in [3.8, 4) is 5.75 Å². The molecular formula is C21H21N3O4. The van der Waals surface area contributed by atoms with E-state index in [0.717, 1.165) is 17.0 Å². The van der Waals surface area contributed by atoms with Crippen LogP contribution in [0.25, 0.3) is 11.7 Å². The lowest BCUT2D eigenvalue weighted by Crippen LogP contribution is -2.24. The number of ether oxygens (including phenoxy) is 2. The SMILES string of the molecule is COc1ccc(/C=C/C(=O)NCCC(=O)OCc2cn3ccccc3n2)cc1. The number of methoxy groups -OCH3 is 1. The molecule has 7 heteroatoms. The number of amides is 1. The number of nitrogens with one attached hydrogen (secondary N) is 1. The molecule has 0 atom stereocenters. The van der Waals surface area contributed by atoms with Crippen molar-refractivity contribution in [1.29, 1.82) is 0 Å². The predicted molar refractivity (Wildman–Crippen MR) is 105 cm³/mol. The van der Waals surface area contributed by atoms with E-state index in [9.17, 15) is 9.59 Å². The van der Waals surface area contributed by atoms with Gasteiger partial charge in [-0.2, -0.15) is 0 Å². The Labute approximate surface area is 162 Å². The highest BCUT2D eigenvalue weighted by Crippen LogP contribution is 2.12. The molecule has 0 spiro atoms. The maximum Gasteiger partial charge on any atom is 0.307 e. The Kier molecular flexibility index (Phi) is 6.41. The minimum Gasteiger partial charge on any atom is -0.497 e. The molecule has 0 fully saturated rings. The molecule has 2 heterocycles. The van der Waals surface area contributed by atoms with Gasteiger partial charge in [0.1, 0.15) is 18.0 Å². The summed E-state index contributed by atoms with van der Waals surface area (Å²) in [6.07, 6.45) is 6.90. The van der Waals surface area contributed by atoms with Crippen molar-refractivity contribution in [3.05, 3.63) is 72.2 Å². The van der Waals surface area contributed by atoms with Gasteiger partial charge in [0, 0.05) is 25.0 Å². The average molecular weight is 379 g/mol. The number of carbonyl (C=O) groups excluding carboxylic acids is 2. The fourth-order valence-corrected chi connectivity index (χ4v) is 2.52. The van der Waals surface area contributed by atoms with Crippen molar-refractivity contribution in [1.82, 2.24) is 14.7 Å². The van der Waals surface area contributed by atoms with Gasteiger partial charge in [0.15, 0.2) is 0 Å². The van der Waals surface area contributed by atoms with E-state index >= 15 is 0 Å². The van der Waals surface area contributed by atoms with E-state index in [2.05, 4.69) is 10.3 Å². The molecule has 0 saturated carbocycles. The second-order valence-electron chi connectivity index (χ2n) is 6.01. The molecule has 0 saturated heterocycles. The molecule has 1 N–H and O–H groups in total. The Morgan fingerprint density at radius 1 is 1.18 bits per heavy atom. The van der Waals surface area contributed by atoms with Crippen LogP contribution < -0.4 is 10.1 Å². The van der Waals surface area contributed by atoms with Gasteiger partial charge in [-0.3, -0.25) is 9.59 Å². The van der Waals surface area contributed by atoms with Gasteiger partial charge in [-0.15, -0.1) is 0 Å². The number of benzene rings is 1. The average Bonchev–Trinajstić information content (AvgIpc) is 3.14. The fraction of sp³-hybridized carbons (Fsp3) is 0.190. The predicted octanol–water partition coefficient (Wildman–Crippen LogP) is 2.61. The smallest absolute Gasteiger partial charge is 0.307 e. The van der Waals surface area contributed by atoms with E-state index in [1.54, 1.807) is 13.2 Å². The number of nitrogens with zero attached hydrogens (tertiary/aromatic N) is 2. The van der Waals surface area contributed by atoms with Gasteiger partial charge in [-0.1, -0.05) is 18.2 Å². The van der Waals surface area contributed by atoms with E-state index < -0.39 is 5.97 Å². The summed E-state index contributed by atoms with van der Waals surface area (Å²) in [4.78, 5) is 28.0. The number of esters is 1. The molecule has 7 nitrogen and oxygen atoms in total. The van der Waals surface area contributed by atoms with Crippen molar-refractivity contribution in [2.45, 2.75) is 13.0 Å². The molecule has 0 radical (unpaired) electrons. The van der Waals surface area contributed by atoms with Gasteiger partial charge in [0.25, 0.3) is 0 Å². The molecule has 1 amide bonds. The van der Waals surface area contributed by atoms with Crippen molar-refractivity contribution in [2.24, 2.45) is 0 Å². The normalized spacial score (nSPS) is 10.9. The number of imidazole rings is 1. The van der Waals surface area contributed by atoms with Crippen LogP contribution in [0, 0.1) is 0 Å². The van der Waals surface area contributed by atoms with Crippen LogP contribution in [0.1, 0.15) is 17.7 Å². The second-order valence-corrected chi connectivity index (χ2v) is 6.01. The van der Waals surface area contributed by atoms with Crippen LogP contribution in [0.2, 0.25) is 0 Å². The third kappa shape index (κ3) is 5.44. The number of rotatable bonds is 8. The molecule has 3 rings (SSSR count). The van der Waals surface area contributed by atoms with Gasteiger partial charge >= 0.3 is 5.97 Å². The topological polar surface area (TPSA) is 81.9 Å². The lowest BCUT2D eigenvalue weighted by molar-refractivity contribution is -0.144. The van der Waals surface area contributed by atoms with E-state index in [1.165, 1.54) is 6.08 Å². The molecular weight excluding hydrogens is 358 g/mol. The van der Waals surface area contributed by atoms with Crippen molar-refractivity contribution in [3.63, 3.8) is 0 Å². The van der Waals surface area contributed by atoms with Gasteiger partial charge < -0.3 is 19.2 Å². The van der Waals surface area contributed by atoms with E-state index in [4.69, 9.17) is 9.47 Å². The quantitative estimate of drug-likeness (QED) is 0.481. The Morgan fingerprint density at radius 3 is 2.75 bits per heavy atom. The molecule has 3 aromatic rings. The number of hydrogen-bond acceptors (Lipinski definition) is 5. The molecule has 0 bridgehead atoms. The third-order valence-corrected chi connectivity index (χ3v) is 3.97. The highest BCUT2D eigenvalue weighted by Gasteiger charge is 2.07. The number of aromatic nitrogens is 2. The van der Waals surface area contributed by atoms with E-state index in [0.29, 0.717) is 5.69 Å². The Balaban J connectivity index is 1.37. The molecule has 0 aliphatic rings. The highest BCUT2D eigenvalue weighted by molar-refractivity contribution is 5.91. The molecule has 144 valence electrons. The zero-order valence-electron chi connectivity index (χ0n) is 15.5.